The van der Waals surface area contributed by atoms with Gasteiger partial charge in [-0.15, -0.1) is 11.3 Å². The molecule has 16 heavy (non-hydrogen) atoms. The van der Waals surface area contributed by atoms with Gasteiger partial charge >= 0.3 is 0 Å². The molecule has 0 radical (unpaired) electrons. The smallest absolute Gasteiger partial charge is 0.252 e. The number of nitrogens with zero attached hydrogens (tertiary/aromatic N) is 1. The third kappa shape index (κ3) is 2.63. The first-order valence-electron chi connectivity index (χ1n) is 5.19. The fourth-order valence-electron chi connectivity index (χ4n) is 1.23. The van der Waals surface area contributed by atoms with Crippen molar-refractivity contribution < 1.29 is 8.42 Å². The average Bonchev–Trinajstić information content (AvgIpc) is 2.75. The zero-order chi connectivity index (χ0) is 12.3. The molecule has 6 heteroatoms. The highest BCUT2D eigenvalue weighted by atomic mass is 32.2. The van der Waals surface area contributed by atoms with Crippen LogP contribution in [0.2, 0.25) is 0 Å². The first kappa shape index (κ1) is 13.6. The van der Waals surface area contributed by atoms with Gasteiger partial charge in [-0.05, 0) is 30.4 Å². The Labute approximate surface area is 101 Å². The summed E-state index contributed by atoms with van der Waals surface area (Å²) < 4.78 is 26.1. The van der Waals surface area contributed by atoms with Gasteiger partial charge in [-0.25, -0.2) is 8.42 Å². The fraction of sp³-hybridized carbons (Fsp3) is 0.600. The second kappa shape index (κ2) is 5.27. The molecule has 4 nitrogen and oxygen atoms in total. The molecule has 0 bridgehead atoms. The van der Waals surface area contributed by atoms with Crippen molar-refractivity contribution in [3.8, 4) is 0 Å². The Morgan fingerprint density at radius 2 is 2.19 bits per heavy atom. The number of sulfonamides is 1. The Morgan fingerprint density at radius 3 is 2.62 bits per heavy atom. The van der Waals surface area contributed by atoms with Crippen LogP contribution < -0.4 is 5.73 Å². The van der Waals surface area contributed by atoms with Crippen molar-refractivity contribution in [2.75, 3.05) is 7.05 Å². The van der Waals surface area contributed by atoms with E-state index in [0.717, 1.165) is 12.0 Å². The van der Waals surface area contributed by atoms with E-state index in [1.54, 1.807) is 18.5 Å². The Bertz CT molecular complexity index is 439. The van der Waals surface area contributed by atoms with E-state index >= 15 is 0 Å². The minimum Gasteiger partial charge on any atom is -0.326 e. The van der Waals surface area contributed by atoms with Gasteiger partial charge in [-0.1, -0.05) is 6.92 Å². The van der Waals surface area contributed by atoms with Gasteiger partial charge in [-0.2, -0.15) is 4.31 Å². The van der Waals surface area contributed by atoms with Gasteiger partial charge in [0.05, 0.1) is 0 Å². The largest absolute Gasteiger partial charge is 0.326 e. The lowest BCUT2D eigenvalue weighted by Gasteiger charge is -2.22. The Kier molecular flexibility index (Phi) is 4.49. The molecule has 0 aliphatic carbocycles. The maximum Gasteiger partial charge on any atom is 0.252 e. The maximum absolute atomic E-state index is 12.2. The summed E-state index contributed by atoms with van der Waals surface area (Å²) in [4.78, 5) is 0. The van der Waals surface area contributed by atoms with Gasteiger partial charge < -0.3 is 5.73 Å². The zero-order valence-corrected chi connectivity index (χ0v) is 11.4. The van der Waals surface area contributed by atoms with E-state index in [9.17, 15) is 8.42 Å². The Balaban J connectivity index is 3.01. The standard InChI is InChI=1S/C10H18N2O2S2/c1-4-8(2)12(3)16(13,14)10-5-9(6-11)7-15-10/h5,7-8H,4,6,11H2,1-3H3. The van der Waals surface area contributed by atoms with E-state index in [0.29, 0.717) is 10.8 Å². The molecule has 1 heterocycles. The zero-order valence-electron chi connectivity index (χ0n) is 9.80. The van der Waals surface area contributed by atoms with Crippen molar-refractivity contribution in [3.63, 3.8) is 0 Å². The summed E-state index contributed by atoms with van der Waals surface area (Å²) in [6.07, 6.45) is 0.796. The highest BCUT2D eigenvalue weighted by Crippen LogP contribution is 2.24. The number of thiophene rings is 1. The lowest BCUT2D eigenvalue weighted by Crippen LogP contribution is -2.34. The van der Waals surface area contributed by atoms with E-state index < -0.39 is 10.0 Å². The third-order valence-electron chi connectivity index (χ3n) is 2.71. The van der Waals surface area contributed by atoms with Crippen LogP contribution in [0.3, 0.4) is 0 Å². The lowest BCUT2D eigenvalue weighted by molar-refractivity contribution is 0.381. The third-order valence-corrected chi connectivity index (χ3v) is 6.15. The summed E-state index contributed by atoms with van der Waals surface area (Å²) in [5, 5.41) is 1.79. The first-order valence-corrected chi connectivity index (χ1v) is 7.51. The van der Waals surface area contributed by atoms with Crippen LogP contribution in [0.4, 0.5) is 0 Å². The fourth-order valence-corrected chi connectivity index (χ4v) is 4.07. The summed E-state index contributed by atoms with van der Waals surface area (Å²) in [5.41, 5.74) is 6.33. The van der Waals surface area contributed by atoms with Gasteiger partial charge in [0.2, 0.25) is 0 Å². The van der Waals surface area contributed by atoms with E-state index in [4.69, 9.17) is 5.73 Å². The molecule has 1 atom stereocenters. The molecule has 1 aromatic rings. The molecule has 0 aliphatic rings. The van der Waals surface area contributed by atoms with E-state index in [-0.39, 0.29) is 6.04 Å². The van der Waals surface area contributed by atoms with Crippen molar-refractivity contribution in [1.82, 2.24) is 4.31 Å². The molecule has 1 unspecified atom stereocenters. The monoisotopic (exact) mass is 262 g/mol. The Hall–Kier alpha value is -0.430. The van der Waals surface area contributed by atoms with Crippen LogP contribution in [0.1, 0.15) is 25.8 Å². The molecule has 1 aromatic heterocycles. The van der Waals surface area contributed by atoms with Gasteiger partial charge in [0, 0.05) is 19.6 Å². The topological polar surface area (TPSA) is 63.4 Å². The molecule has 2 N–H and O–H groups in total. The first-order chi connectivity index (χ1) is 7.43. The highest BCUT2D eigenvalue weighted by Gasteiger charge is 2.25. The molecule has 0 aromatic carbocycles. The molecular weight excluding hydrogens is 244 g/mol. The quantitative estimate of drug-likeness (QED) is 0.877. The van der Waals surface area contributed by atoms with Crippen LogP contribution in [-0.2, 0) is 16.6 Å². The van der Waals surface area contributed by atoms with E-state index in [1.807, 2.05) is 13.8 Å². The van der Waals surface area contributed by atoms with Crippen LogP contribution in [0.5, 0.6) is 0 Å². The van der Waals surface area contributed by atoms with Gasteiger partial charge in [0.1, 0.15) is 4.21 Å². The average molecular weight is 262 g/mol. The van der Waals surface area contributed by atoms with Gasteiger partial charge in [-0.3, -0.25) is 0 Å². The second-order valence-corrected chi connectivity index (χ2v) is 6.89. The highest BCUT2D eigenvalue weighted by molar-refractivity contribution is 7.91. The minimum atomic E-state index is -3.34. The molecule has 92 valence electrons. The maximum atomic E-state index is 12.2. The van der Waals surface area contributed by atoms with Crippen molar-refractivity contribution in [2.45, 2.75) is 37.1 Å². The molecule has 0 spiro atoms. The summed E-state index contributed by atoms with van der Waals surface area (Å²) in [7, 11) is -1.73. The number of hydrogen-bond donors (Lipinski definition) is 1. The second-order valence-electron chi connectivity index (χ2n) is 3.76. The number of rotatable bonds is 5. The summed E-state index contributed by atoms with van der Waals surface area (Å²) in [5.74, 6) is 0. The van der Waals surface area contributed by atoms with Crippen LogP contribution in [0.15, 0.2) is 15.7 Å². The van der Waals surface area contributed by atoms with E-state index in [2.05, 4.69) is 0 Å². The van der Waals surface area contributed by atoms with Crippen LogP contribution in [0, 0.1) is 0 Å². The van der Waals surface area contributed by atoms with Crippen molar-refractivity contribution >= 4 is 21.4 Å². The predicted molar refractivity (Wildman–Crippen MR) is 66.9 cm³/mol. The van der Waals surface area contributed by atoms with Crippen molar-refractivity contribution in [2.24, 2.45) is 5.73 Å². The van der Waals surface area contributed by atoms with Crippen molar-refractivity contribution in [3.05, 3.63) is 17.0 Å². The van der Waals surface area contributed by atoms with Crippen LogP contribution in [-0.4, -0.2) is 25.8 Å². The van der Waals surface area contributed by atoms with Gasteiger partial charge in [0.25, 0.3) is 10.0 Å². The van der Waals surface area contributed by atoms with Crippen LogP contribution in [0.25, 0.3) is 0 Å². The van der Waals surface area contributed by atoms with Crippen molar-refractivity contribution in [1.29, 1.82) is 0 Å². The molecule has 0 amide bonds. The SMILES string of the molecule is CCC(C)N(C)S(=O)(=O)c1cc(CN)cs1. The predicted octanol–water partition coefficient (Wildman–Crippen LogP) is 1.63. The molecule has 0 saturated heterocycles. The minimum absolute atomic E-state index is 0.00780. The number of hydrogen-bond acceptors (Lipinski definition) is 4. The van der Waals surface area contributed by atoms with Crippen LogP contribution >= 0.6 is 11.3 Å². The van der Waals surface area contributed by atoms with E-state index in [1.165, 1.54) is 15.6 Å². The van der Waals surface area contributed by atoms with Gasteiger partial charge in [0.15, 0.2) is 0 Å². The molecule has 0 saturated carbocycles. The molecular formula is C10H18N2O2S2. The molecule has 0 aliphatic heterocycles. The molecule has 0 fully saturated rings. The molecule has 1 rings (SSSR count). The normalized spacial score (nSPS) is 14.3. The summed E-state index contributed by atoms with van der Waals surface area (Å²) in [6.45, 7) is 4.24. The lowest BCUT2D eigenvalue weighted by atomic mass is 10.3. The summed E-state index contributed by atoms with van der Waals surface area (Å²) >= 11 is 1.23. The number of nitrogens with two attached hydrogens (primary N) is 1. The summed E-state index contributed by atoms with van der Waals surface area (Å²) in [6, 6.07) is 1.66. The Morgan fingerprint density at radius 1 is 1.56 bits per heavy atom.